The largest absolute Gasteiger partial charge is 0.468 e. The van der Waals surface area contributed by atoms with E-state index in [9.17, 15) is 4.79 Å². The van der Waals surface area contributed by atoms with Crippen molar-refractivity contribution >= 4 is 30.0 Å². The van der Waals surface area contributed by atoms with E-state index in [1.165, 1.54) is 7.11 Å². The molecule has 1 aliphatic heterocycles. The van der Waals surface area contributed by atoms with E-state index < -0.39 is 5.41 Å². The normalized spacial score (nSPS) is 22.9. The zero-order valence-electron chi connectivity index (χ0n) is 9.53. The molecule has 0 spiro atoms. The summed E-state index contributed by atoms with van der Waals surface area (Å²) in [6.45, 7) is 1.43. The van der Waals surface area contributed by atoms with Crippen molar-refractivity contribution in [2.45, 2.75) is 11.8 Å². The van der Waals surface area contributed by atoms with Gasteiger partial charge in [0.1, 0.15) is 5.41 Å². The highest BCUT2D eigenvalue weighted by atomic mass is 35.5. The monoisotopic (exact) mass is 275 g/mol. The summed E-state index contributed by atoms with van der Waals surface area (Å²) in [6, 6.07) is 7.43. The first-order valence-corrected chi connectivity index (χ1v) is 5.62. The Morgan fingerprint density at radius 2 is 2.29 bits per heavy atom. The van der Waals surface area contributed by atoms with Gasteiger partial charge in [-0.15, -0.1) is 12.4 Å². The highest BCUT2D eigenvalue weighted by Crippen LogP contribution is 2.33. The lowest BCUT2D eigenvalue weighted by molar-refractivity contribution is -0.146. The van der Waals surface area contributed by atoms with Crippen LogP contribution >= 0.6 is 24.0 Å². The third-order valence-electron chi connectivity index (χ3n) is 3.11. The summed E-state index contributed by atoms with van der Waals surface area (Å²) in [5.41, 5.74) is 0.358. The summed E-state index contributed by atoms with van der Waals surface area (Å²) in [4.78, 5) is 11.9. The fourth-order valence-electron chi connectivity index (χ4n) is 2.21. The van der Waals surface area contributed by atoms with Crippen molar-refractivity contribution < 1.29 is 9.53 Å². The van der Waals surface area contributed by atoms with Crippen LogP contribution in [0.25, 0.3) is 0 Å². The van der Waals surface area contributed by atoms with Crippen LogP contribution in [0.4, 0.5) is 0 Å². The van der Waals surface area contributed by atoms with Crippen molar-refractivity contribution in [2.75, 3.05) is 20.2 Å². The highest BCUT2D eigenvalue weighted by molar-refractivity contribution is 6.30. The maximum Gasteiger partial charge on any atom is 0.317 e. The molecule has 0 radical (unpaired) electrons. The third kappa shape index (κ3) is 2.57. The molecule has 0 amide bonds. The molecule has 0 saturated carbocycles. The lowest BCUT2D eigenvalue weighted by Crippen LogP contribution is -2.39. The zero-order chi connectivity index (χ0) is 11.6. The van der Waals surface area contributed by atoms with Gasteiger partial charge < -0.3 is 10.1 Å². The number of rotatable bonds is 2. The van der Waals surface area contributed by atoms with Crippen molar-refractivity contribution in [2.24, 2.45) is 0 Å². The summed E-state index contributed by atoms with van der Waals surface area (Å²) in [6.07, 6.45) is 0.750. The quantitative estimate of drug-likeness (QED) is 0.841. The first-order chi connectivity index (χ1) is 7.69. The summed E-state index contributed by atoms with van der Waals surface area (Å²) in [5.74, 6) is -0.195. The molecule has 0 bridgehead atoms. The number of ether oxygens (including phenoxy) is 1. The van der Waals surface area contributed by atoms with Gasteiger partial charge in [-0.2, -0.15) is 0 Å². The Labute approximate surface area is 112 Å². The minimum Gasteiger partial charge on any atom is -0.468 e. The molecule has 5 heteroatoms. The fourth-order valence-corrected chi connectivity index (χ4v) is 2.40. The molecule has 1 N–H and O–H groups in total. The molecule has 1 heterocycles. The van der Waals surface area contributed by atoms with E-state index in [4.69, 9.17) is 16.3 Å². The Hall–Kier alpha value is -0.770. The Balaban J connectivity index is 0.00000144. The second kappa shape index (κ2) is 5.71. The molecule has 1 aromatic rings. The molecule has 3 nitrogen and oxygen atoms in total. The summed E-state index contributed by atoms with van der Waals surface area (Å²) >= 11 is 5.96. The van der Waals surface area contributed by atoms with Crippen LogP contribution in [0.15, 0.2) is 24.3 Å². The van der Waals surface area contributed by atoms with Gasteiger partial charge in [-0.3, -0.25) is 4.79 Å². The summed E-state index contributed by atoms with van der Waals surface area (Å²) in [5, 5.41) is 3.85. The van der Waals surface area contributed by atoms with Gasteiger partial charge in [0.25, 0.3) is 0 Å². The molecular weight excluding hydrogens is 261 g/mol. The highest BCUT2D eigenvalue weighted by Gasteiger charge is 2.44. The summed E-state index contributed by atoms with van der Waals surface area (Å²) < 4.78 is 4.91. The van der Waals surface area contributed by atoms with Crippen LogP contribution in [0, 0.1) is 0 Å². The second-order valence-electron chi connectivity index (χ2n) is 4.01. The maximum absolute atomic E-state index is 11.9. The van der Waals surface area contributed by atoms with Gasteiger partial charge in [-0.05, 0) is 30.7 Å². The van der Waals surface area contributed by atoms with Crippen LogP contribution in [-0.2, 0) is 14.9 Å². The van der Waals surface area contributed by atoms with Crippen molar-refractivity contribution in [1.82, 2.24) is 5.32 Å². The molecule has 94 valence electrons. The number of nitrogens with one attached hydrogen (secondary N) is 1. The fraction of sp³-hybridized carbons (Fsp3) is 0.417. The molecule has 1 aromatic carbocycles. The number of hydrogen-bond donors (Lipinski definition) is 1. The molecule has 1 atom stereocenters. The van der Waals surface area contributed by atoms with Crippen molar-refractivity contribution in [3.63, 3.8) is 0 Å². The van der Waals surface area contributed by atoms with Crippen molar-refractivity contribution in [3.8, 4) is 0 Å². The number of methoxy groups -OCH3 is 1. The Kier molecular flexibility index (Phi) is 4.80. The van der Waals surface area contributed by atoms with E-state index in [1.807, 2.05) is 18.2 Å². The number of carbonyl (C=O) groups is 1. The second-order valence-corrected chi connectivity index (χ2v) is 4.45. The van der Waals surface area contributed by atoms with E-state index in [-0.39, 0.29) is 18.4 Å². The first kappa shape index (κ1) is 14.3. The molecule has 1 saturated heterocycles. The topological polar surface area (TPSA) is 38.3 Å². The number of esters is 1. The maximum atomic E-state index is 11.9. The van der Waals surface area contributed by atoms with Crippen molar-refractivity contribution in [1.29, 1.82) is 0 Å². The number of halogens is 2. The van der Waals surface area contributed by atoms with Gasteiger partial charge in [0.05, 0.1) is 7.11 Å². The van der Waals surface area contributed by atoms with Crippen LogP contribution < -0.4 is 5.32 Å². The lowest BCUT2D eigenvalue weighted by Gasteiger charge is -2.25. The van der Waals surface area contributed by atoms with Gasteiger partial charge in [0.2, 0.25) is 0 Å². The van der Waals surface area contributed by atoms with Crippen LogP contribution in [0.3, 0.4) is 0 Å². The molecule has 0 aromatic heterocycles. The van der Waals surface area contributed by atoms with Crippen molar-refractivity contribution in [3.05, 3.63) is 34.9 Å². The van der Waals surface area contributed by atoms with E-state index >= 15 is 0 Å². The van der Waals surface area contributed by atoms with Crippen LogP contribution in [0.1, 0.15) is 12.0 Å². The average Bonchev–Trinajstić information content (AvgIpc) is 2.78. The molecule has 1 unspecified atom stereocenters. The zero-order valence-corrected chi connectivity index (χ0v) is 11.1. The first-order valence-electron chi connectivity index (χ1n) is 5.24. The molecular formula is C12H15Cl2NO2. The van der Waals surface area contributed by atoms with Gasteiger partial charge in [0.15, 0.2) is 0 Å². The predicted molar refractivity (Wildman–Crippen MR) is 69.9 cm³/mol. The lowest BCUT2D eigenvalue weighted by atomic mass is 9.80. The Morgan fingerprint density at radius 3 is 2.82 bits per heavy atom. The number of hydrogen-bond acceptors (Lipinski definition) is 3. The molecule has 17 heavy (non-hydrogen) atoms. The third-order valence-corrected chi connectivity index (χ3v) is 3.34. The minimum atomic E-state index is -0.570. The van der Waals surface area contributed by atoms with E-state index in [0.29, 0.717) is 11.6 Å². The van der Waals surface area contributed by atoms with E-state index in [2.05, 4.69) is 5.32 Å². The van der Waals surface area contributed by atoms with E-state index in [0.717, 1.165) is 18.5 Å². The molecule has 1 aliphatic rings. The smallest absolute Gasteiger partial charge is 0.317 e. The van der Waals surface area contributed by atoms with Gasteiger partial charge >= 0.3 is 5.97 Å². The SMILES string of the molecule is COC(=O)C1(c2cccc(Cl)c2)CCNC1.Cl. The Morgan fingerprint density at radius 1 is 1.53 bits per heavy atom. The molecule has 0 aliphatic carbocycles. The van der Waals surface area contributed by atoms with Crippen LogP contribution in [0.2, 0.25) is 5.02 Å². The van der Waals surface area contributed by atoms with Gasteiger partial charge in [-0.1, -0.05) is 23.7 Å². The summed E-state index contributed by atoms with van der Waals surface area (Å²) in [7, 11) is 1.42. The van der Waals surface area contributed by atoms with Crippen LogP contribution in [-0.4, -0.2) is 26.2 Å². The number of carbonyl (C=O) groups excluding carboxylic acids is 1. The van der Waals surface area contributed by atoms with Crippen LogP contribution in [0.5, 0.6) is 0 Å². The van der Waals surface area contributed by atoms with Gasteiger partial charge in [-0.25, -0.2) is 0 Å². The molecule has 1 fully saturated rings. The minimum absolute atomic E-state index is 0. The van der Waals surface area contributed by atoms with E-state index in [1.54, 1.807) is 6.07 Å². The average molecular weight is 276 g/mol. The Bertz CT molecular complexity index is 403. The standard InChI is InChI=1S/C12H14ClNO2.ClH/c1-16-11(15)12(5-6-14-8-12)9-3-2-4-10(13)7-9;/h2-4,7,14H,5-6,8H2,1H3;1H. The molecule has 2 rings (SSSR count). The number of benzene rings is 1. The predicted octanol–water partition coefficient (Wildman–Crippen LogP) is 2.17. The van der Waals surface area contributed by atoms with Gasteiger partial charge in [0, 0.05) is 11.6 Å².